The van der Waals surface area contributed by atoms with Crippen LogP contribution < -0.4 is 0 Å². The van der Waals surface area contributed by atoms with E-state index in [0.717, 1.165) is 0 Å². The lowest BCUT2D eigenvalue weighted by Crippen LogP contribution is -2.35. The van der Waals surface area contributed by atoms with Crippen LogP contribution in [0, 0.1) is 16.0 Å². The van der Waals surface area contributed by atoms with Crippen LogP contribution in [0.2, 0.25) is 0 Å². The van der Waals surface area contributed by atoms with E-state index in [0.29, 0.717) is 19.3 Å². The molecule has 0 bridgehead atoms. The van der Waals surface area contributed by atoms with Crippen molar-refractivity contribution in [1.29, 1.82) is 0 Å². The van der Waals surface area contributed by atoms with E-state index in [1.165, 1.54) is 0 Å². The summed E-state index contributed by atoms with van der Waals surface area (Å²) in [6, 6.07) is -0.585. The molecule has 0 aromatic carbocycles. The van der Waals surface area contributed by atoms with Gasteiger partial charge in [0.05, 0.1) is 5.92 Å². The van der Waals surface area contributed by atoms with Crippen molar-refractivity contribution < 1.29 is 9.72 Å². The van der Waals surface area contributed by atoms with Gasteiger partial charge in [0.1, 0.15) is 0 Å². The molecule has 13 heavy (non-hydrogen) atoms. The lowest BCUT2D eigenvalue weighted by atomic mass is 9.87. The second kappa shape index (κ2) is 4.54. The van der Waals surface area contributed by atoms with E-state index in [9.17, 15) is 14.9 Å². The number of nitrogens with zero attached hydrogens (tertiary/aromatic N) is 1. The average Bonchev–Trinajstić information content (AvgIpc) is 2.04. The van der Waals surface area contributed by atoms with Crippen LogP contribution in [0.5, 0.6) is 0 Å². The second-order valence-corrected chi connectivity index (χ2v) is 5.15. The van der Waals surface area contributed by atoms with Gasteiger partial charge in [0.15, 0.2) is 0 Å². The van der Waals surface area contributed by atoms with Gasteiger partial charge in [0.2, 0.25) is 11.3 Å². The molecule has 0 heterocycles. The van der Waals surface area contributed by atoms with Crippen molar-refractivity contribution in [2.75, 3.05) is 0 Å². The minimum Gasteiger partial charge on any atom is -0.281 e. The number of carbonyl (C=O) groups excluding carboxylic acids is 1. The summed E-state index contributed by atoms with van der Waals surface area (Å²) in [5, 5.41) is 10.0. The normalized spacial score (nSPS) is 34.2. The number of alkyl halides is 1. The maximum atomic E-state index is 10.9. The summed E-state index contributed by atoms with van der Waals surface area (Å²) in [5.74, 6) is -0.341. The second-order valence-electron chi connectivity index (χ2n) is 3.18. The number of carbonyl (C=O) groups is 1. The minimum absolute atomic E-state index is 0.152. The highest BCUT2D eigenvalue weighted by Crippen LogP contribution is 2.33. The lowest BCUT2D eigenvalue weighted by molar-refractivity contribution is -0.527. The quantitative estimate of drug-likeness (QED) is 0.257. The molecule has 1 fully saturated rings. The third kappa shape index (κ3) is 2.77. The summed E-state index contributed by atoms with van der Waals surface area (Å²) in [6.45, 7) is 0. The topological polar surface area (TPSA) is 60.2 Å². The predicted molar refractivity (Wildman–Crippen MR) is 56.8 cm³/mol. The van der Waals surface area contributed by atoms with Crippen molar-refractivity contribution in [3.05, 3.63) is 10.1 Å². The Balaban J connectivity index is 2.63. The molecule has 0 aromatic rings. The Hall–Kier alpha value is 0.0900. The Labute approximate surface area is 94.3 Å². The summed E-state index contributed by atoms with van der Waals surface area (Å²) in [4.78, 5) is 21.1. The number of halogens is 2. The summed E-state index contributed by atoms with van der Waals surface area (Å²) in [7, 11) is 0. The van der Waals surface area contributed by atoms with Crippen LogP contribution in [0.25, 0.3) is 0 Å². The molecule has 1 aliphatic carbocycles. The van der Waals surface area contributed by atoms with Gasteiger partial charge in [-0.2, -0.15) is 0 Å². The Morgan fingerprint density at radius 1 is 1.54 bits per heavy atom. The Morgan fingerprint density at radius 2 is 2.15 bits per heavy atom. The molecule has 0 saturated heterocycles. The van der Waals surface area contributed by atoms with E-state index in [2.05, 4.69) is 22.6 Å². The van der Waals surface area contributed by atoms with Gasteiger partial charge < -0.3 is 0 Å². The first kappa shape index (κ1) is 11.2. The van der Waals surface area contributed by atoms with Crippen LogP contribution in [0.15, 0.2) is 0 Å². The first-order valence-electron chi connectivity index (χ1n) is 3.99. The van der Waals surface area contributed by atoms with Crippen molar-refractivity contribution in [2.24, 2.45) is 5.92 Å². The molecule has 1 rings (SSSR count). The van der Waals surface area contributed by atoms with Crippen LogP contribution >= 0.6 is 34.2 Å². The molecular weight excluding hydrogens is 308 g/mol. The number of hydrogen-bond donors (Lipinski definition) is 0. The van der Waals surface area contributed by atoms with Crippen LogP contribution in [-0.2, 0) is 4.79 Å². The summed E-state index contributed by atoms with van der Waals surface area (Å²) < 4.78 is 0.152. The third-order valence-corrected chi connectivity index (χ3v) is 4.10. The van der Waals surface area contributed by atoms with E-state index >= 15 is 0 Å². The van der Waals surface area contributed by atoms with E-state index < -0.39 is 11.3 Å². The molecule has 0 aliphatic heterocycles. The maximum Gasteiger partial charge on any atom is 0.226 e. The molecule has 3 unspecified atom stereocenters. The largest absolute Gasteiger partial charge is 0.281 e. The minimum atomic E-state index is -0.585. The van der Waals surface area contributed by atoms with Crippen molar-refractivity contribution in [3.8, 4) is 0 Å². The molecule has 0 radical (unpaired) electrons. The molecule has 0 N–H and O–H groups in total. The Morgan fingerprint density at radius 3 is 2.62 bits per heavy atom. The van der Waals surface area contributed by atoms with Crippen molar-refractivity contribution in [1.82, 2.24) is 0 Å². The SMILES string of the molecule is O=C(Cl)C1CC([N+](=O)[O-])CCC1I. The highest BCUT2D eigenvalue weighted by molar-refractivity contribution is 14.1. The monoisotopic (exact) mass is 317 g/mol. The molecular formula is C7H9ClINO3. The standard InChI is InChI=1S/C7H9ClINO3/c8-7(11)5-3-4(10(12)13)1-2-6(5)9/h4-6H,1-3H2. The smallest absolute Gasteiger partial charge is 0.226 e. The zero-order valence-corrected chi connectivity index (χ0v) is 9.69. The van der Waals surface area contributed by atoms with Gasteiger partial charge in [-0.25, -0.2) is 0 Å². The number of nitro groups is 1. The maximum absolute atomic E-state index is 10.9. The summed E-state index contributed by atoms with van der Waals surface area (Å²) in [6.07, 6.45) is 1.56. The highest BCUT2D eigenvalue weighted by Gasteiger charge is 2.38. The first-order chi connectivity index (χ1) is 6.02. The molecule has 0 amide bonds. The van der Waals surface area contributed by atoms with Crippen LogP contribution in [0.4, 0.5) is 0 Å². The predicted octanol–water partition coefficient (Wildman–Crippen LogP) is 2.00. The van der Waals surface area contributed by atoms with Crippen LogP contribution in [-0.4, -0.2) is 20.1 Å². The molecule has 74 valence electrons. The zero-order chi connectivity index (χ0) is 10.0. The molecule has 0 aromatic heterocycles. The average molecular weight is 318 g/mol. The van der Waals surface area contributed by atoms with Crippen molar-refractivity contribution in [3.63, 3.8) is 0 Å². The molecule has 0 spiro atoms. The van der Waals surface area contributed by atoms with Crippen LogP contribution in [0.3, 0.4) is 0 Å². The van der Waals surface area contributed by atoms with Crippen molar-refractivity contribution >= 4 is 39.4 Å². The molecule has 3 atom stereocenters. The third-order valence-electron chi connectivity index (χ3n) is 2.33. The van der Waals surface area contributed by atoms with Gasteiger partial charge in [0.25, 0.3) is 0 Å². The van der Waals surface area contributed by atoms with Gasteiger partial charge in [-0.15, -0.1) is 0 Å². The van der Waals surface area contributed by atoms with Crippen molar-refractivity contribution in [2.45, 2.75) is 29.2 Å². The molecule has 4 nitrogen and oxygen atoms in total. The first-order valence-corrected chi connectivity index (χ1v) is 5.61. The van der Waals surface area contributed by atoms with Gasteiger partial charge in [-0.3, -0.25) is 14.9 Å². The fraction of sp³-hybridized carbons (Fsp3) is 0.857. The van der Waals surface area contributed by atoms with Gasteiger partial charge >= 0.3 is 0 Å². The lowest BCUT2D eigenvalue weighted by Gasteiger charge is -2.26. The zero-order valence-electron chi connectivity index (χ0n) is 6.78. The summed E-state index contributed by atoms with van der Waals surface area (Å²) >= 11 is 7.49. The molecule has 1 aliphatic rings. The van der Waals surface area contributed by atoms with Crippen LogP contribution in [0.1, 0.15) is 19.3 Å². The molecule has 6 heteroatoms. The molecule has 1 saturated carbocycles. The fourth-order valence-electron chi connectivity index (χ4n) is 1.54. The van der Waals surface area contributed by atoms with E-state index in [1.807, 2.05) is 0 Å². The fourth-order valence-corrected chi connectivity index (χ4v) is 2.97. The number of rotatable bonds is 2. The Bertz CT molecular complexity index is 236. The van der Waals surface area contributed by atoms with E-state index in [1.54, 1.807) is 0 Å². The highest BCUT2D eigenvalue weighted by atomic mass is 127. The van der Waals surface area contributed by atoms with Gasteiger partial charge in [-0.05, 0) is 18.0 Å². The van der Waals surface area contributed by atoms with E-state index in [-0.39, 0.29) is 14.8 Å². The summed E-state index contributed by atoms with van der Waals surface area (Å²) in [5.41, 5.74) is 0. The van der Waals surface area contributed by atoms with Gasteiger partial charge in [0, 0.05) is 21.7 Å². The Kier molecular flexibility index (Phi) is 3.90. The van der Waals surface area contributed by atoms with E-state index in [4.69, 9.17) is 11.6 Å². The number of hydrogen-bond acceptors (Lipinski definition) is 3. The van der Waals surface area contributed by atoms with Gasteiger partial charge in [-0.1, -0.05) is 22.6 Å².